The average molecular weight is 305 g/mol. The molecule has 112 valence electrons. The summed E-state index contributed by atoms with van der Waals surface area (Å²) in [5, 5.41) is 18.6. The van der Waals surface area contributed by atoms with E-state index in [1.54, 1.807) is 18.3 Å². The molecule has 2 aromatic rings. The maximum Gasteiger partial charge on any atom is 0.274 e. The van der Waals surface area contributed by atoms with Gasteiger partial charge in [0.15, 0.2) is 5.69 Å². The molecule has 6 heteroatoms. The fourth-order valence-corrected chi connectivity index (χ4v) is 3.57. The molecule has 1 aliphatic rings. The van der Waals surface area contributed by atoms with Crippen LogP contribution in [0.4, 0.5) is 0 Å². The number of nitrogens with one attached hydrogen (secondary N) is 1. The number of thiophene rings is 1. The van der Waals surface area contributed by atoms with Crippen LogP contribution in [-0.2, 0) is 0 Å². The molecule has 3 rings (SSSR count). The van der Waals surface area contributed by atoms with Crippen LogP contribution in [0.5, 0.6) is 0 Å². The number of aliphatic hydroxyl groups is 1. The first kappa shape index (κ1) is 14.3. The van der Waals surface area contributed by atoms with Gasteiger partial charge >= 0.3 is 0 Å². The molecule has 2 N–H and O–H groups in total. The number of carbonyl (C=O) groups excluding carboxylic acids is 1. The van der Waals surface area contributed by atoms with Crippen molar-refractivity contribution in [1.82, 2.24) is 15.1 Å². The Labute approximate surface area is 127 Å². The van der Waals surface area contributed by atoms with Crippen molar-refractivity contribution in [1.29, 1.82) is 0 Å². The highest BCUT2D eigenvalue weighted by Crippen LogP contribution is 2.26. The van der Waals surface area contributed by atoms with E-state index in [2.05, 4.69) is 10.2 Å². The second-order valence-electron chi connectivity index (χ2n) is 5.52. The highest BCUT2D eigenvalue weighted by molar-refractivity contribution is 7.13. The predicted octanol–water partition coefficient (Wildman–Crippen LogP) is 2.51. The number of carbonyl (C=O) groups is 1. The molecule has 0 spiro atoms. The van der Waals surface area contributed by atoms with Crippen LogP contribution in [-0.4, -0.2) is 44.8 Å². The highest BCUT2D eigenvalue weighted by Gasteiger charge is 2.31. The molecule has 2 aromatic heterocycles. The third kappa shape index (κ3) is 3.01. The number of aliphatic hydroxyl groups excluding tert-OH is 1. The SMILES string of the molecule is CC(O)CC1CCCN1C(=O)c1cc(-c2cccs2)[nH]n1. The fourth-order valence-electron chi connectivity index (χ4n) is 2.88. The van der Waals surface area contributed by atoms with E-state index >= 15 is 0 Å². The molecule has 2 unspecified atom stereocenters. The first-order chi connectivity index (χ1) is 10.1. The van der Waals surface area contributed by atoms with Crippen LogP contribution in [0.15, 0.2) is 23.6 Å². The van der Waals surface area contributed by atoms with Crippen LogP contribution in [0.3, 0.4) is 0 Å². The van der Waals surface area contributed by atoms with Crippen LogP contribution >= 0.6 is 11.3 Å². The molecule has 0 aliphatic carbocycles. The van der Waals surface area contributed by atoms with E-state index in [0.717, 1.165) is 30.0 Å². The third-order valence-electron chi connectivity index (χ3n) is 3.83. The Bertz CT molecular complexity index is 606. The van der Waals surface area contributed by atoms with E-state index in [1.807, 2.05) is 28.5 Å². The van der Waals surface area contributed by atoms with Gasteiger partial charge in [0, 0.05) is 12.6 Å². The Balaban J connectivity index is 1.76. The van der Waals surface area contributed by atoms with Crippen molar-refractivity contribution in [3.63, 3.8) is 0 Å². The van der Waals surface area contributed by atoms with Crippen molar-refractivity contribution in [2.24, 2.45) is 0 Å². The summed E-state index contributed by atoms with van der Waals surface area (Å²) in [7, 11) is 0. The van der Waals surface area contributed by atoms with E-state index in [1.165, 1.54) is 0 Å². The molecule has 0 radical (unpaired) electrons. The number of hydrogen-bond acceptors (Lipinski definition) is 4. The van der Waals surface area contributed by atoms with Gasteiger partial charge in [-0.25, -0.2) is 0 Å². The minimum Gasteiger partial charge on any atom is -0.393 e. The monoisotopic (exact) mass is 305 g/mol. The smallest absolute Gasteiger partial charge is 0.274 e. The van der Waals surface area contributed by atoms with Gasteiger partial charge in [0.05, 0.1) is 16.7 Å². The Morgan fingerprint density at radius 1 is 1.67 bits per heavy atom. The van der Waals surface area contributed by atoms with Gasteiger partial charge in [0.25, 0.3) is 5.91 Å². The van der Waals surface area contributed by atoms with E-state index < -0.39 is 0 Å². The maximum atomic E-state index is 12.6. The van der Waals surface area contributed by atoms with Crippen molar-refractivity contribution < 1.29 is 9.90 Å². The number of amides is 1. The second-order valence-corrected chi connectivity index (χ2v) is 6.47. The van der Waals surface area contributed by atoms with Crippen LogP contribution in [0.1, 0.15) is 36.7 Å². The number of H-pyrrole nitrogens is 1. The standard InChI is InChI=1S/C15H19N3O2S/c1-10(19)8-11-4-2-6-18(11)15(20)13-9-12(16-17-13)14-5-3-7-21-14/h3,5,7,9-11,19H,2,4,6,8H2,1H3,(H,16,17). The number of likely N-dealkylation sites (tertiary alicyclic amines) is 1. The summed E-state index contributed by atoms with van der Waals surface area (Å²) in [4.78, 5) is 15.5. The van der Waals surface area contributed by atoms with Crippen molar-refractivity contribution in [2.45, 2.75) is 38.3 Å². The first-order valence-electron chi connectivity index (χ1n) is 7.23. The normalized spacial score (nSPS) is 19.9. The van der Waals surface area contributed by atoms with E-state index in [4.69, 9.17) is 0 Å². The lowest BCUT2D eigenvalue weighted by Gasteiger charge is -2.24. The summed E-state index contributed by atoms with van der Waals surface area (Å²) in [5.41, 5.74) is 1.33. The molecule has 2 atom stereocenters. The van der Waals surface area contributed by atoms with Gasteiger partial charge in [0.1, 0.15) is 0 Å². The summed E-state index contributed by atoms with van der Waals surface area (Å²) in [6, 6.07) is 5.91. The van der Waals surface area contributed by atoms with Crippen molar-refractivity contribution in [3.05, 3.63) is 29.3 Å². The van der Waals surface area contributed by atoms with Gasteiger partial charge in [-0.2, -0.15) is 5.10 Å². The Kier molecular flexibility index (Phi) is 4.07. The number of aromatic nitrogens is 2. The predicted molar refractivity (Wildman–Crippen MR) is 82.3 cm³/mol. The summed E-state index contributed by atoms with van der Waals surface area (Å²) < 4.78 is 0. The van der Waals surface area contributed by atoms with E-state index in [9.17, 15) is 9.90 Å². The zero-order chi connectivity index (χ0) is 14.8. The topological polar surface area (TPSA) is 69.2 Å². The summed E-state index contributed by atoms with van der Waals surface area (Å²) in [6.45, 7) is 2.52. The van der Waals surface area contributed by atoms with Gasteiger partial charge in [-0.05, 0) is 43.7 Å². The van der Waals surface area contributed by atoms with E-state index in [0.29, 0.717) is 12.1 Å². The summed E-state index contributed by atoms with van der Waals surface area (Å²) >= 11 is 1.61. The molecule has 3 heterocycles. The lowest BCUT2D eigenvalue weighted by atomic mass is 10.1. The summed E-state index contributed by atoms with van der Waals surface area (Å²) in [6.07, 6.45) is 2.20. The average Bonchev–Trinajstić information content (AvgIpc) is 3.18. The lowest BCUT2D eigenvalue weighted by Crippen LogP contribution is -2.37. The third-order valence-corrected chi connectivity index (χ3v) is 4.74. The minimum absolute atomic E-state index is 0.0443. The number of aromatic amines is 1. The van der Waals surface area contributed by atoms with Crippen LogP contribution in [0.2, 0.25) is 0 Å². The second kappa shape index (κ2) is 5.99. The molecule has 0 aromatic carbocycles. The zero-order valence-corrected chi connectivity index (χ0v) is 12.8. The molecule has 5 nitrogen and oxygen atoms in total. The number of rotatable bonds is 4. The Morgan fingerprint density at radius 3 is 3.24 bits per heavy atom. The number of hydrogen-bond donors (Lipinski definition) is 2. The van der Waals surface area contributed by atoms with Crippen LogP contribution in [0, 0.1) is 0 Å². The van der Waals surface area contributed by atoms with Crippen LogP contribution < -0.4 is 0 Å². The number of nitrogens with zero attached hydrogens (tertiary/aromatic N) is 2. The molecular formula is C15H19N3O2S. The van der Waals surface area contributed by atoms with E-state index in [-0.39, 0.29) is 18.1 Å². The molecule has 1 amide bonds. The van der Waals surface area contributed by atoms with Gasteiger partial charge in [-0.15, -0.1) is 11.3 Å². The minimum atomic E-state index is -0.385. The van der Waals surface area contributed by atoms with Crippen molar-refractivity contribution >= 4 is 17.2 Å². The molecule has 21 heavy (non-hydrogen) atoms. The van der Waals surface area contributed by atoms with Crippen LogP contribution in [0.25, 0.3) is 10.6 Å². The molecule has 1 saturated heterocycles. The molecule has 0 bridgehead atoms. The van der Waals surface area contributed by atoms with Crippen molar-refractivity contribution in [3.8, 4) is 10.6 Å². The Hall–Kier alpha value is -1.66. The highest BCUT2D eigenvalue weighted by atomic mass is 32.1. The van der Waals surface area contributed by atoms with Crippen molar-refractivity contribution in [2.75, 3.05) is 6.54 Å². The fraction of sp³-hybridized carbons (Fsp3) is 0.467. The van der Waals surface area contributed by atoms with Gasteiger partial charge < -0.3 is 10.0 Å². The van der Waals surface area contributed by atoms with Gasteiger partial charge in [-0.3, -0.25) is 9.89 Å². The molecule has 1 aliphatic heterocycles. The molecule has 0 saturated carbocycles. The first-order valence-corrected chi connectivity index (χ1v) is 8.11. The quantitative estimate of drug-likeness (QED) is 0.912. The largest absolute Gasteiger partial charge is 0.393 e. The lowest BCUT2D eigenvalue weighted by molar-refractivity contribution is 0.0676. The van der Waals surface area contributed by atoms with Gasteiger partial charge in [-0.1, -0.05) is 6.07 Å². The maximum absolute atomic E-state index is 12.6. The Morgan fingerprint density at radius 2 is 2.52 bits per heavy atom. The van der Waals surface area contributed by atoms with Gasteiger partial charge in [0.2, 0.25) is 0 Å². The summed E-state index contributed by atoms with van der Waals surface area (Å²) in [5.74, 6) is -0.0443. The zero-order valence-electron chi connectivity index (χ0n) is 12.0. The molecule has 1 fully saturated rings. The molecular weight excluding hydrogens is 286 g/mol.